The van der Waals surface area contributed by atoms with Crippen LogP contribution in [-0.4, -0.2) is 17.5 Å². The zero-order chi connectivity index (χ0) is 23.3. The van der Waals surface area contributed by atoms with Crippen molar-refractivity contribution >= 4 is 27.1 Å². The molecule has 0 fully saturated rings. The molecule has 0 aliphatic carbocycles. The molecule has 2 aromatic carbocycles. The number of aryl methyl sites for hydroxylation is 1. The highest BCUT2D eigenvalue weighted by molar-refractivity contribution is 7.86. The minimum Gasteiger partial charge on any atom is -0.319 e. The van der Waals surface area contributed by atoms with Crippen molar-refractivity contribution < 1.29 is 13.0 Å². The molecule has 3 rings (SSSR count). The predicted molar refractivity (Wildman–Crippen MR) is 127 cm³/mol. The molecular weight excluding hydrogens is 442 g/mol. The van der Waals surface area contributed by atoms with Gasteiger partial charge in [0, 0.05) is 11.9 Å². The third-order valence-electron chi connectivity index (χ3n) is 5.13. The third kappa shape index (κ3) is 5.74. The Morgan fingerprint density at radius 2 is 1.91 bits per heavy atom. The zero-order valence-corrected chi connectivity index (χ0v) is 20.0. The maximum atomic E-state index is 12.4. The van der Waals surface area contributed by atoms with Crippen molar-refractivity contribution in [3.63, 3.8) is 0 Å². The second-order valence-corrected chi connectivity index (χ2v) is 10.5. The molecule has 168 valence electrons. The Kier molecular flexibility index (Phi) is 7.67. The minimum atomic E-state index is -4.35. The van der Waals surface area contributed by atoms with E-state index in [1.54, 1.807) is 11.4 Å². The van der Waals surface area contributed by atoms with Crippen LogP contribution in [0.3, 0.4) is 0 Å². The Balaban J connectivity index is 2.16. The first-order chi connectivity index (χ1) is 15.2. The van der Waals surface area contributed by atoms with Gasteiger partial charge in [-0.1, -0.05) is 51.1 Å². The largest absolute Gasteiger partial charge is 0.319 e. The summed E-state index contributed by atoms with van der Waals surface area (Å²) in [5.74, 6) is 0.243. The van der Waals surface area contributed by atoms with E-state index < -0.39 is 15.4 Å². The SMILES string of the molecule is CCc1cc(C#N)ccc1N=c1scc(C(Cc2ccccc2)S(=O)(=O)O)n1CC(C)C. The van der Waals surface area contributed by atoms with Crippen LogP contribution >= 0.6 is 11.3 Å². The first-order valence-corrected chi connectivity index (χ1v) is 12.9. The van der Waals surface area contributed by atoms with Crippen LogP contribution in [-0.2, 0) is 29.5 Å². The van der Waals surface area contributed by atoms with Gasteiger partial charge in [0.2, 0.25) is 0 Å². The van der Waals surface area contributed by atoms with E-state index in [1.165, 1.54) is 11.3 Å². The molecule has 0 saturated heterocycles. The van der Waals surface area contributed by atoms with Gasteiger partial charge in [0.05, 0.1) is 23.0 Å². The van der Waals surface area contributed by atoms with Crippen LogP contribution in [0.5, 0.6) is 0 Å². The molecule has 0 bridgehead atoms. The number of thiazole rings is 1. The summed E-state index contributed by atoms with van der Waals surface area (Å²) in [5.41, 5.74) is 3.64. The molecule has 6 nitrogen and oxygen atoms in total. The summed E-state index contributed by atoms with van der Waals surface area (Å²) in [4.78, 5) is 5.49. The normalized spacial score (nSPS) is 13.3. The smallest absolute Gasteiger partial charge is 0.273 e. The highest BCUT2D eigenvalue weighted by Crippen LogP contribution is 2.28. The van der Waals surface area contributed by atoms with E-state index in [0.29, 0.717) is 22.6 Å². The average Bonchev–Trinajstić information content (AvgIpc) is 3.13. The van der Waals surface area contributed by atoms with E-state index in [9.17, 15) is 18.2 Å². The Labute approximate surface area is 193 Å². The number of rotatable bonds is 8. The van der Waals surface area contributed by atoms with Crippen molar-refractivity contribution in [2.24, 2.45) is 10.9 Å². The molecule has 1 heterocycles. The van der Waals surface area contributed by atoms with Gasteiger partial charge in [-0.25, -0.2) is 4.99 Å². The van der Waals surface area contributed by atoms with Crippen molar-refractivity contribution in [1.82, 2.24) is 4.57 Å². The average molecular weight is 470 g/mol. The molecule has 0 saturated carbocycles. The van der Waals surface area contributed by atoms with Crippen LogP contribution in [0.1, 0.15) is 48.4 Å². The molecule has 0 radical (unpaired) electrons. The van der Waals surface area contributed by atoms with Gasteiger partial charge in [0.25, 0.3) is 10.1 Å². The van der Waals surface area contributed by atoms with E-state index in [2.05, 4.69) is 19.9 Å². The Morgan fingerprint density at radius 1 is 1.19 bits per heavy atom. The van der Waals surface area contributed by atoms with Gasteiger partial charge in [0.1, 0.15) is 5.25 Å². The first-order valence-electron chi connectivity index (χ1n) is 10.5. The summed E-state index contributed by atoms with van der Waals surface area (Å²) in [6, 6.07) is 16.8. The molecule has 1 N–H and O–H groups in total. The van der Waals surface area contributed by atoms with Gasteiger partial charge in [0.15, 0.2) is 4.80 Å². The molecule has 0 aliphatic rings. The lowest BCUT2D eigenvalue weighted by Gasteiger charge is -2.18. The number of nitrogens with zero attached hydrogens (tertiary/aromatic N) is 3. The molecule has 8 heteroatoms. The fourth-order valence-corrected chi connectivity index (χ4v) is 5.54. The molecule has 0 spiro atoms. The molecule has 0 amide bonds. The second-order valence-electron chi connectivity index (χ2n) is 8.06. The van der Waals surface area contributed by atoms with E-state index in [1.807, 2.05) is 54.0 Å². The first kappa shape index (κ1) is 23.9. The van der Waals surface area contributed by atoms with Crippen molar-refractivity contribution in [2.45, 2.75) is 45.4 Å². The molecule has 1 aromatic heterocycles. The molecular formula is C24H27N3O3S2. The number of benzene rings is 2. The van der Waals surface area contributed by atoms with E-state index in [-0.39, 0.29) is 12.3 Å². The fourth-order valence-electron chi connectivity index (χ4n) is 3.58. The third-order valence-corrected chi connectivity index (χ3v) is 7.14. The molecule has 3 aromatic rings. The van der Waals surface area contributed by atoms with E-state index >= 15 is 0 Å². The summed E-state index contributed by atoms with van der Waals surface area (Å²) in [5, 5.41) is 9.87. The van der Waals surface area contributed by atoms with Crippen LogP contribution in [0.4, 0.5) is 5.69 Å². The summed E-state index contributed by atoms with van der Waals surface area (Å²) in [6.07, 6.45) is 0.892. The molecule has 32 heavy (non-hydrogen) atoms. The standard InChI is InChI=1S/C24H27N3O3S2/c1-4-20-12-19(14-25)10-11-21(20)26-24-27(15-17(2)3)22(16-31-24)23(32(28,29)30)13-18-8-6-5-7-9-18/h5-12,16-17,23H,4,13,15H2,1-3H3,(H,28,29,30). The Bertz CT molecular complexity index is 1280. The fraction of sp³-hybridized carbons (Fsp3) is 0.333. The van der Waals surface area contributed by atoms with Crippen LogP contribution < -0.4 is 4.80 Å². The number of aromatic nitrogens is 1. The highest BCUT2D eigenvalue weighted by Gasteiger charge is 2.29. The van der Waals surface area contributed by atoms with Crippen LogP contribution in [0.25, 0.3) is 0 Å². The summed E-state index contributed by atoms with van der Waals surface area (Å²) in [6.45, 7) is 6.68. The lowest BCUT2D eigenvalue weighted by molar-refractivity contribution is 0.453. The predicted octanol–water partition coefficient (Wildman–Crippen LogP) is 5.04. The zero-order valence-electron chi connectivity index (χ0n) is 18.4. The Hall–Kier alpha value is -2.73. The van der Waals surface area contributed by atoms with Crippen LogP contribution in [0, 0.1) is 17.2 Å². The van der Waals surface area contributed by atoms with Gasteiger partial charge >= 0.3 is 0 Å². The number of hydrogen-bond donors (Lipinski definition) is 1. The lowest BCUT2D eigenvalue weighted by atomic mass is 10.1. The van der Waals surface area contributed by atoms with Gasteiger partial charge in [-0.3, -0.25) is 4.55 Å². The monoisotopic (exact) mass is 469 g/mol. The van der Waals surface area contributed by atoms with Gasteiger partial charge in [-0.15, -0.1) is 11.3 Å². The summed E-state index contributed by atoms with van der Waals surface area (Å²) < 4.78 is 36.8. The van der Waals surface area contributed by atoms with Crippen molar-refractivity contribution in [3.8, 4) is 6.07 Å². The van der Waals surface area contributed by atoms with Gasteiger partial charge in [-0.05, 0) is 48.1 Å². The van der Waals surface area contributed by atoms with E-state index in [4.69, 9.17) is 4.99 Å². The Morgan fingerprint density at radius 3 is 2.50 bits per heavy atom. The van der Waals surface area contributed by atoms with Crippen LogP contribution in [0.15, 0.2) is 58.9 Å². The highest BCUT2D eigenvalue weighted by atomic mass is 32.2. The molecule has 0 aliphatic heterocycles. The quantitative estimate of drug-likeness (QED) is 0.467. The van der Waals surface area contributed by atoms with E-state index in [0.717, 1.165) is 23.2 Å². The maximum absolute atomic E-state index is 12.4. The maximum Gasteiger partial charge on any atom is 0.273 e. The second kappa shape index (κ2) is 10.3. The number of nitriles is 1. The van der Waals surface area contributed by atoms with Crippen molar-refractivity contribution in [3.05, 3.63) is 81.1 Å². The lowest BCUT2D eigenvalue weighted by Crippen LogP contribution is -2.25. The summed E-state index contributed by atoms with van der Waals surface area (Å²) >= 11 is 1.35. The minimum absolute atomic E-state index is 0.172. The van der Waals surface area contributed by atoms with Gasteiger partial charge < -0.3 is 4.57 Å². The molecule has 1 atom stereocenters. The number of hydrogen-bond acceptors (Lipinski definition) is 5. The van der Waals surface area contributed by atoms with Crippen LogP contribution in [0.2, 0.25) is 0 Å². The van der Waals surface area contributed by atoms with Gasteiger partial charge in [-0.2, -0.15) is 13.7 Å². The van der Waals surface area contributed by atoms with Crippen molar-refractivity contribution in [2.75, 3.05) is 0 Å². The summed E-state index contributed by atoms with van der Waals surface area (Å²) in [7, 11) is -4.35. The topological polar surface area (TPSA) is 95.4 Å². The molecule has 1 unspecified atom stereocenters. The van der Waals surface area contributed by atoms with Crippen molar-refractivity contribution in [1.29, 1.82) is 5.26 Å².